The van der Waals surface area contributed by atoms with E-state index in [0.717, 1.165) is 11.4 Å². The summed E-state index contributed by atoms with van der Waals surface area (Å²) in [6, 6.07) is 104. The maximum atomic E-state index is 2.46. The van der Waals surface area contributed by atoms with Gasteiger partial charge in [0, 0.05) is 53.1 Å². The van der Waals surface area contributed by atoms with Gasteiger partial charge in [-0.2, -0.15) is 0 Å². The first kappa shape index (κ1) is 44.1. The lowest BCUT2D eigenvalue weighted by atomic mass is 9.84. The van der Waals surface area contributed by atoms with E-state index in [1.54, 1.807) is 0 Å². The van der Waals surface area contributed by atoms with E-state index >= 15 is 0 Å². The molecule has 0 aliphatic carbocycles. The van der Waals surface area contributed by atoms with Gasteiger partial charge in [-0.15, -0.1) is 11.3 Å². The number of para-hydroxylation sites is 4. The second-order valence-corrected chi connectivity index (χ2v) is 22.1. The van der Waals surface area contributed by atoms with Crippen molar-refractivity contribution in [3.05, 3.63) is 279 Å². The van der Waals surface area contributed by atoms with Crippen molar-refractivity contribution >= 4 is 118 Å². The molecule has 0 aliphatic heterocycles. The summed E-state index contributed by atoms with van der Waals surface area (Å²) in [5, 5.41) is 17.6. The highest BCUT2D eigenvalue weighted by atomic mass is 32.1. The van der Waals surface area contributed by atoms with Crippen molar-refractivity contribution in [2.45, 2.75) is 0 Å². The van der Waals surface area contributed by atoms with Gasteiger partial charge in [-0.25, -0.2) is 0 Å². The first-order valence-corrected chi connectivity index (χ1v) is 28.1. The van der Waals surface area contributed by atoms with Crippen LogP contribution in [-0.2, 0) is 0 Å². The molecule has 0 bridgehead atoms. The summed E-state index contributed by atoms with van der Waals surface area (Å²) in [6.07, 6.45) is 0. The van der Waals surface area contributed by atoms with E-state index in [0.29, 0.717) is 0 Å². The summed E-state index contributed by atoms with van der Waals surface area (Å²) in [7, 11) is 0. The number of rotatable bonds is 6. The first-order chi connectivity index (χ1) is 39.2. The van der Waals surface area contributed by atoms with Crippen LogP contribution in [0.15, 0.2) is 279 Å². The monoisotopic (exact) mass is 1020 g/mol. The molecule has 3 heteroatoms. The molecule has 0 spiro atoms. The second kappa shape index (κ2) is 17.2. The molecule has 366 valence electrons. The fourth-order valence-electron chi connectivity index (χ4n) is 13.6. The lowest BCUT2D eigenvalue weighted by Crippen LogP contribution is -1.94. The zero-order valence-corrected chi connectivity index (χ0v) is 43.7. The van der Waals surface area contributed by atoms with Crippen molar-refractivity contribution in [2.24, 2.45) is 0 Å². The smallest absolute Gasteiger partial charge is 0.0547 e. The lowest BCUT2D eigenvalue weighted by molar-refractivity contribution is 1.18. The van der Waals surface area contributed by atoms with Crippen molar-refractivity contribution < 1.29 is 0 Å². The van der Waals surface area contributed by atoms with E-state index in [2.05, 4.69) is 288 Å². The van der Waals surface area contributed by atoms with Crippen molar-refractivity contribution in [3.8, 4) is 55.9 Å². The maximum Gasteiger partial charge on any atom is 0.0547 e. The highest BCUT2D eigenvalue weighted by molar-refractivity contribution is 7.26. The molecule has 0 aliphatic rings. The molecule has 79 heavy (non-hydrogen) atoms. The molecule has 0 N–H and O–H groups in total. The molecular weight excluding hydrogens is 973 g/mol. The molecule has 17 aromatic rings. The number of hydrogen-bond acceptors (Lipinski definition) is 1. The number of fused-ring (bicyclic) bond motifs is 13. The predicted octanol–water partition coefficient (Wildman–Crippen LogP) is 21.5. The molecule has 17 rings (SSSR count). The third-order valence-electron chi connectivity index (χ3n) is 16.9. The predicted molar refractivity (Wildman–Crippen MR) is 340 cm³/mol. The molecule has 14 aromatic carbocycles. The zero-order valence-electron chi connectivity index (χ0n) is 42.9. The van der Waals surface area contributed by atoms with Gasteiger partial charge in [0.2, 0.25) is 0 Å². The van der Waals surface area contributed by atoms with Crippen molar-refractivity contribution in [2.75, 3.05) is 0 Å². The van der Waals surface area contributed by atoms with Gasteiger partial charge < -0.3 is 9.13 Å². The molecule has 0 saturated heterocycles. The van der Waals surface area contributed by atoms with Crippen LogP contribution in [0, 0.1) is 0 Å². The molecule has 0 saturated carbocycles. The molecule has 2 nitrogen and oxygen atoms in total. The normalized spacial score (nSPS) is 12.1. The highest BCUT2D eigenvalue weighted by Gasteiger charge is 2.24. The van der Waals surface area contributed by atoms with E-state index in [1.165, 1.54) is 151 Å². The van der Waals surface area contributed by atoms with Crippen molar-refractivity contribution in [1.29, 1.82) is 0 Å². The van der Waals surface area contributed by atoms with Crippen LogP contribution in [0.4, 0.5) is 0 Å². The molecule has 0 fully saturated rings. The first-order valence-electron chi connectivity index (χ1n) is 27.2. The molecule has 0 unspecified atom stereocenters. The quantitative estimate of drug-likeness (QED) is 0.147. The van der Waals surface area contributed by atoms with Crippen molar-refractivity contribution in [3.63, 3.8) is 0 Å². The van der Waals surface area contributed by atoms with Gasteiger partial charge in [-0.1, -0.05) is 218 Å². The minimum atomic E-state index is 1.16. The molecule has 3 aromatic heterocycles. The summed E-state index contributed by atoms with van der Waals surface area (Å²) < 4.78 is 7.42. The Labute approximate surface area is 459 Å². The van der Waals surface area contributed by atoms with Gasteiger partial charge in [0.05, 0.1) is 22.1 Å². The Morgan fingerprint density at radius 1 is 0.215 bits per heavy atom. The Balaban J connectivity index is 0.848. The van der Waals surface area contributed by atoms with Crippen LogP contribution in [0.25, 0.3) is 163 Å². The van der Waals surface area contributed by atoms with Gasteiger partial charge in [0.1, 0.15) is 0 Å². The van der Waals surface area contributed by atoms with Crippen LogP contribution in [0.5, 0.6) is 0 Å². The van der Waals surface area contributed by atoms with Gasteiger partial charge in [-0.3, -0.25) is 0 Å². The van der Waals surface area contributed by atoms with Crippen LogP contribution in [0.1, 0.15) is 0 Å². The molecule has 3 heterocycles. The standard InChI is InChI=1S/C76H46N2S/c1-3-20-50(21-4-1)77-66-35-17-15-24-52(66)54-41-38-47(44-68(54)77)72-56-26-7-9-28-58(56)74(59-29-10-8-27-57(59)72)49-40-43-64-71(46-49)79-70-37-19-34-65(76(64)70)75-62-32-13-11-30-60(62)73(61-31-12-14-33-63(61)75)48-39-42-55-53-25-16-18-36-67(53)78(69(55)45-48)51-22-5-2-6-23-51/h1-46H. The zero-order chi connectivity index (χ0) is 51.7. The number of benzene rings is 14. The average molecular weight is 1020 g/mol. The fourth-order valence-corrected chi connectivity index (χ4v) is 14.8. The Kier molecular flexibility index (Phi) is 9.62. The highest BCUT2D eigenvalue weighted by Crippen LogP contribution is 2.51. The summed E-state index contributed by atoms with van der Waals surface area (Å²) in [5.74, 6) is 0. The SMILES string of the molecule is c1ccc(-n2c3ccccc3c3ccc(-c4c5ccccc5c(-c5ccc6c(c5)sc5cccc(-c7c8ccccc8c(-c8ccc9c%10ccccc%10n(-c%10ccccc%10)c9c8)c8ccccc78)c56)c5ccccc45)cc32)cc1. The number of hydrogen-bond donors (Lipinski definition) is 0. The van der Waals surface area contributed by atoms with Gasteiger partial charge in [-0.05, 0) is 148 Å². The van der Waals surface area contributed by atoms with Crippen LogP contribution < -0.4 is 0 Å². The molecule has 0 atom stereocenters. The van der Waals surface area contributed by atoms with Gasteiger partial charge in [0.15, 0.2) is 0 Å². The Bertz CT molecular complexity index is 5250. The van der Waals surface area contributed by atoms with Crippen molar-refractivity contribution in [1.82, 2.24) is 9.13 Å². The minimum Gasteiger partial charge on any atom is -0.309 e. The molecular formula is C76H46N2S. The second-order valence-electron chi connectivity index (χ2n) is 21.0. The Hall–Kier alpha value is -10.1. The minimum absolute atomic E-state index is 1.16. The largest absolute Gasteiger partial charge is 0.309 e. The van der Waals surface area contributed by atoms with Crippen LogP contribution in [-0.4, -0.2) is 9.13 Å². The van der Waals surface area contributed by atoms with Crippen LogP contribution >= 0.6 is 11.3 Å². The Morgan fingerprint density at radius 2 is 0.557 bits per heavy atom. The van der Waals surface area contributed by atoms with Crippen LogP contribution in [0.2, 0.25) is 0 Å². The maximum absolute atomic E-state index is 2.46. The summed E-state index contributed by atoms with van der Waals surface area (Å²) in [6.45, 7) is 0. The third kappa shape index (κ3) is 6.51. The fraction of sp³-hybridized carbons (Fsp3) is 0. The van der Waals surface area contributed by atoms with E-state index < -0.39 is 0 Å². The van der Waals surface area contributed by atoms with E-state index in [4.69, 9.17) is 0 Å². The number of thiophene rings is 1. The third-order valence-corrected chi connectivity index (χ3v) is 18.0. The van der Waals surface area contributed by atoms with Crippen LogP contribution in [0.3, 0.4) is 0 Å². The summed E-state index contributed by atoms with van der Waals surface area (Å²) in [4.78, 5) is 0. The van der Waals surface area contributed by atoms with E-state index in [1.807, 2.05) is 11.3 Å². The molecule has 0 radical (unpaired) electrons. The van der Waals surface area contributed by atoms with E-state index in [-0.39, 0.29) is 0 Å². The molecule has 0 amide bonds. The van der Waals surface area contributed by atoms with Gasteiger partial charge >= 0.3 is 0 Å². The topological polar surface area (TPSA) is 9.86 Å². The number of aromatic nitrogens is 2. The lowest BCUT2D eigenvalue weighted by Gasteiger charge is -2.19. The summed E-state index contributed by atoms with van der Waals surface area (Å²) in [5.41, 5.74) is 17.1. The average Bonchev–Trinajstić information content (AvgIpc) is 4.36. The summed E-state index contributed by atoms with van der Waals surface area (Å²) >= 11 is 1.90. The van der Waals surface area contributed by atoms with Gasteiger partial charge in [0.25, 0.3) is 0 Å². The number of nitrogens with zero attached hydrogens (tertiary/aromatic N) is 2. The Morgan fingerprint density at radius 3 is 0.987 bits per heavy atom. The van der Waals surface area contributed by atoms with E-state index in [9.17, 15) is 0 Å².